The molecular weight excluding hydrogens is 631 g/mol. The molecule has 8 aromatic rings. The second kappa shape index (κ2) is 12.7. The van der Waals surface area contributed by atoms with Gasteiger partial charge in [-0.15, -0.1) is 0 Å². The molecule has 1 aliphatic carbocycles. The lowest BCUT2D eigenvalue weighted by Gasteiger charge is -2.30. The Morgan fingerprint density at radius 3 is 1.63 bits per heavy atom. The number of para-hydroxylation sites is 2. The largest absolute Gasteiger partial charge is 0.496 e. The molecule has 0 bridgehead atoms. The van der Waals surface area contributed by atoms with Crippen LogP contribution < -0.4 is 9.64 Å². The highest BCUT2D eigenvalue weighted by Gasteiger charge is 2.36. The maximum Gasteiger partial charge on any atom is 0.126 e. The second-order valence-electron chi connectivity index (χ2n) is 14.1. The van der Waals surface area contributed by atoms with E-state index < -0.39 is 0 Å². The summed E-state index contributed by atoms with van der Waals surface area (Å²) in [6.07, 6.45) is 0. The number of methoxy groups -OCH3 is 1. The van der Waals surface area contributed by atoms with Crippen LogP contribution in [0.5, 0.6) is 5.75 Å². The number of hydrogen-bond donors (Lipinski definition) is 0. The molecule has 1 aliphatic rings. The number of anilines is 3. The van der Waals surface area contributed by atoms with Gasteiger partial charge >= 0.3 is 0 Å². The molecule has 0 amide bonds. The molecule has 2 nitrogen and oxygen atoms in total. The van der Waals surface area contributed by atoms with E-state index in [0.29, 0.717) is 0 Å². The smallest absolute Gasteiger partial charge is 0.126 e. The van der Waals surface area contributed by atoms with Crippen molar-refractivity contribution in [3.05, 3.63) is 193 Å². The van der Waals surface area contributed by atoms with Crippen LogP contribution in [0.4, 0.5) is 17.1 Å². The van der Waals surface area contributed by atoms with E-state index >= 15 is 0 Å². The predicted molar refractivity (Wildman–Crippen MR) is 219 cm³/mol. The molecule has 52 heavy (non-hydrogen) atoms. The standard InChI is InChI=1S/C50H39NO/c1-50(2)46-22-12-9-19-42(46)43-30-29-37(33-47(43)50)51(48-23-13-10-20-44(48)45-21-11-14-24-49(45)52-3)36-27-25-35(26-28-36)39-32-31-38(34-15-5-4-6-16-34)40-17-7-8-18-41(39)40/h4-33H,1-3H3. The first kappa shape index (κ1) is 31.6. The summed E-state index contributed by atoms with van der Waals surface area (Å²) >= 11 is 0. The van der Waals surface area contributed by atoms with Crippen molar-refractivity contribution in [1.82, 2.24) is 0 Å². The molecule has 0 fully saturated rings. The third-order valence-corrected chi connectivity index (χ3v) is 10.8. The third kappa shape index (κ3) is 5.18. The van der Waals surface area contributed by atoms with E-state index in [9.17, 15) is 0 Å². The summed E-state index contributed by atoms with van der Waals surface area (Å²) in [5, 5.41) is 2.50. The summed E-state index contributed by atoms with van der Waals surface area (Å²) in [5.41, 5.74) is 15.6. The summed E-state index contributed by atoms with van der Waals surface area (Å²) in [6, 6.07) is 65.8. The van der Waals surface area contributed by atoms with Crippen LogP contribution in [0.25, 0.3) is 55.3 Å². The molecular formula is C50H39NO. The molecule has 0 saturated carbocycles. The topological polar surface area (TPSA) is 12.5 Å². The number of fused-ring (bicyclic) bond motifs is 4. The van der Waals surface area contributed by atoms with Gasteiger partial charge in [-0.2, -0.15) is 0 Å². The monoisotopic (exact) mass is 669 g/mol. The van der Waals surface area contributed by atoms with Gasteiger partial charge in [-0.25, -0.2) is 0 Å². The molecule has 0 aromatic heterocycles. The molecule has 0 spiro atoms. The zero-order valence-electron chi connectivity index (χ0n) is 29.7. The molecule has 0 N–H and O–H groups in total. The Morgan fingerprint density at radius 2 is 0.923 bits per heavy atom. The van der Waals surface area contributed by atoms with Gasteiger partial charge in [0, 0.05) is 27.9 Å². The Hall–Kier alpha value is -6.38. The Kier molecular flexibility index (Phi) is 7.74. The highest BCUT2D eigenvalue weighted by molar-refractivity contribution is 6.05. The molecule has 250 valence electrons. The van der Waals surface area contributed by atoms with Gasteiger partial charge in [-0.1, -0.05) is 159 Å². The lowest BCUT2D eigenvalue weighted by Crippen LogP contribution is -2.16. The van der Waals surface area contributed by atoms with Crippen molar-refractivity contribution in [2.75, 3.05) is 12.0 Å². The van der Waals surface area contributed by atoms with Crippen LogP contribution in [0.3, 0.4) is 0 Å². The number of hydrogen-bond acceptors (Lipinski definition) is 2. The first-order chi connectivity index (χ1) is 25.5. The van der Waals surface area contributed by atoms with Crippen molar-refractivity contribution >= 4 is 27.8 Å². The fourth-order valence-electron chi connectivity index (χ4n) is 8.23. The predicted octanol–water partition coefficient (Wildman–Crippen LogP) is 13.6. The van der Waals surface area contributed by atoms with Gasteiger partial charge in [0.1, 0.15) is 5.75 Å². The quantitative estimate of drug-likeness (QED) is 0.167. The van der Waals surface area contributed by atoms with Gasteiger partial charge in [0.15, 0.2) is 0 Å². The highest BCUT2D eigenvalue weighted by Crippen LogP contribution is 2.51. The first-order valence-corrected chi connectivity index (χ1v) is 18.0. The maximum atomic E-state index is 5.89. The first-order valence-electron chi connectivity index (χ1n) is 18.0. The van der Waals surface area contributed by atoms with Crippen molar-refractivity contribution in [1.29, 1.82) is 0 Å². The Morgan fingerprint density at radius 1 is 0.404 bits per heavy atom. The van der Waals surface area contributed by atoms with E-state index in [1.54, 1.807) is 7.11 Å². The molecule has 2 heteroatoms. The Bertz CT molecular complexity index is 2580. The van der Waals surface area contributed by atoms with Crippen molar-refractivity contribution in [3.8, 4) is 50.3 Å². The average Bonchev–Trinajstić information content (AvgIpc) is 3.44. The van der Waals surface area contributed by atoms with E-state index in [-0.39, 0.29) is 5.41 Å². The van der Waals surface area contributed by atoms with E-state index in [0.717, 1.165) is 33.9 Å². The fraction of sp³-hybridized carbons (Fsp3) is 0.0800. The fourth-order valence-corrected chi connectivity index (χ4v) is 8.23. The van der Waals surface area contributed by atoms with Crippen molar-refractivity contribution in [2.45, 2.75) is 19.3 Å². The third-order valence-electron chi connectivity index (χ3n) is 10.8. The van der Waals surface area contributed by atoms with Crippen molar-refractivity contribution in [3.63, 3.8) is 0 Å². The van der Waals surface area contributed by atoms with Gasteiger partial charge < -0.3 is 9.64 Å². The summed E-state index contributed by atoms with van der Waals surface area (Å²) in [4.78, 5) is 2.40. The van der Waals surface area contributed by atoms with E-state index in [4.69, 9.17) is 4.74 Å². The minimum Gasteiger partial charge on any atom is -0.496 e. The van der Waals surface area contributed by atoms with Gasteiger partial charge in [-0.05, 0) is 91.7 Å². The summed E-state index contributed by atoms with van der Waals surface area (Å²) in [5.74, 6) is 0.849. The molecule has 0 radical (unpaired) electrons. The minimum absolute atomic E-state index is 0.118. The number of nitrogens with zero attached hydrogens (tertiary/aromatic N) is 1. The SMILES string of the molecule is COc1ccccc1-c1ccccc1N(c1ccc(-c2ccc(-c3ccccc3)c3ccccc23)cc1)c1ccc2c(c1)C(C)(C)c1ccccc1-2. The molecule has 0 atom stereocenters. The highest BCUT2D eigenvalue weighted by atomic mass is 16.5. The van der Waals surface area contributed by atoms with Gasteiger partial charge in [-0.3, -0.25) is 0 Å². The Balaban J connectivity index is 1.20. The van der Waals surface area contributed by atoms with Crippen LogP contribution in [-0.4, -0.2) is 7.11 Å². The van der Waals surface area contributed by atoms with Crippen LogP contribution in [0, 0.1) is 0 Å². The average molecular weight is 670 g/mol. The Labute approximate surface area is 306 Å². The van der Waals surface area contributed by atoms with Crippen molar-refractivity contribution < 1.29 is 4.74 Å². The van der Waals surface area contributed by atoms with Crippen molar-refractivity contribution in [2.24, 2.45) is 0 Å². The number of ether oxygens (including phenoxy) is 1. The molecule has 0 saturated heterocycles. The van der Waals surface area contributed by atoms with Crippen LogP contribution in [0.1, 0.15) is 25.0 Å². The van der Waals surface area contributed by atoms with Gasteiger partial charge in [0.25, 0.3) is 0 Å². The minimum atomic E-state index is -0.118. The maximum absolute atomic E-state index is 5.89. The second-order valence-corrected chi connectivity index (χ2v) is 14.1. The molecule has 0 unspecified atom stereocenters. The van der Waals surface area contributed by atoms with E-state index in [1.807, 2.05) is 12.1 Å². The van der Waals surface area contributed by atoms with E-state index in [1.165, 1.54) is 55.3 Å². The zero-order valence-corrected chi connectivity index (χ0v) is 29.7. The lowest BCUT2D eigenvalue weighted by molar-refractivity contribution is 0.416. The van der Waals surface area contributed by atoms with Gasteiger partial charge in [0.2, 0.25) is 0 Å². The molecule has 8 aromatic carbocycles. The van der Waals surface area contributed by atoms with E-state index in [2.05, 4.69) is 189 Å². The lowest BCUT2D eigenvalue weighted by atomic mass is 9.82. The molecule has 9 rings (SSSR count). The summed E-state index contributed by atoms with van der Waals surface area (Å²) in [7, 11) is 1.74. The molecule has 0 heterocycles. The van der Waals surface area contributed by atoms with Crippen LogP contribution >= 0.6 is 0 Å². The molecule has 0 aliphatic heterocycles. The number of rotatable bonds is 7. The zero-order chi connectivity index (χ0) is 35.2. The van der Waals surface area contributed by atoms with Crippen LogP contribution in [0.15, 0.2) is 182 Å². The normalized spacial score (nSPS) is 12.7. The van der Waals surface area contributed by atoms with Crippen LogP contribution in [0.2, 0.25) is 0 Å². The summed E-state index contributed by atoms with van der Waals surface area (Å²) < 4.78 is 5.89. The van der Waals surface area contributed by atoms with Crippen LogP contribution in [-0.2, 0) is 5.41 Å². The summed E-state index contributed by atoms with van der Waals surface area (Å²) in [6.45, 7) is 4.69. The van der Waals surface area contributed by atoms with Gasteiger partial charge in [0.05, 0.1) is 12.8 Å². The number of benzene rings is 8.